The Kier molecular flexibility index (Phi) is 14.9. The summed E-state index contributed by atoms with van der Waals surface area (Å²) in [4.78, 5) is 16.2. The highest BCUT2D eigenvalue weighted by Gasteiger charge is 2.23. The summed E-state index contributed by atoms with van der Waals surface area (Å²) in [5.41, 5.74) is 3.53. The highest BCUT2D eigenvalue weighted by atomic mass is 35.5. The first-order chi connectivity index (χ1) is 17.2. The number of benzene rings is 2. The first-order valence-electron chi connectivity index (χ1n) is 13.4. The van der Waals surface area contributed by atoms with Gasteiger partial charge in [0.1, 0.15) is 6.07 Å². The van der Waals surface area contributed by atoms with Crippen LogP contribution in [-0.4, -0.2) is 38.0 Å². The number of halogens is 1. The number of carbonyl (C=O) groups is 1. The van der Waals surface area contributed by atoms with Crippen molar-refractivity contribution in [1.29, 1.82) is 5.26 Å². The molecule has 1 heterocycles. The molecule has 0 N–H and O–H groups in total. The zero-order chi connectivity index (χ0) is 27.1. The summed E-state index contributed by atoms with van der Waals surface area (Å²) >= 11 is 5.71. The maximum Gasteiger partial charge on any atom is 0.253 e. The first kappa shape index (κ1) is 31.5. The van der Waals surface area contributed by atoms with Crippen molar-refractivity contribution in [1.82, 2.24) is 4.90 Å². The number of anilines is 1. The van der Waals surface area contributed by atoms with Gasteiger partial charge in [0.25, 0.3) is 5.91 Å². The third-order valence-corrected chi connectivity index (χ3v) is 7.02. The highest BCUT2D eigenvalue weighted by molar-refractivity contribution is 6.31. The number of rotatable bonds is 7. The molecule has 1 amide bonds. The Morgan fingerprint density at radius 1 is 1.14 bits per heavy atom. The second kappa shape index (κ2) is 17.0. The van der Waals surface area contributed by atoms with Crippen LogP contribution in [0.5, 0.6) is 0 Å². The van der Waals surface area contributed by atoms with Gasteiger partial charge >= 0.3 is 0 Å². The molecule has 1 atom stereocenters. The molecule has 1 aliphatic heterocycles. The maximum atomic E-state index is 12.2. The molecule has 0 bridgehead atoms. The highest BCUT2D eigenvalue weighted by Crippen LogP contribution is 2.20. The second-order valence-electron chi connectivity index (χ2n) is 10.0. The van der Waals surface area contributed by atoms with Gasteiger partial charge in [-0.25, -0.2) is 0 Å². The average molecular weight is 512 g/mol. The zero-order valence-electron chi connectivity index (χ0n) is 23.5. The lowest BCUT2D eigenvalue weighted by molar-refractivity contribution is 0.0788. The van der Waals surface area contributed by atoms with E-state index in [0.29, 0.717) is 16.5 Å². The van der Waals surface area contributed by atoms with Crippen molar-refractivity contribution in [3.63, 3.8) is 0 Å². The van der Waals surface area contributed by atoms with E-state index < -0.39 is 0 Å². The van der Waals surface area contributed by atoms with Crippen molar-refractivity contribution in [2.75, 3.05) is 32.1 Å². The van der Waals surface area contributed by atoms with E-state index in [2.05, 4.69) is 27.7 Å². The number of unbranched alkanes of at least 4 members (excludes halogenated alkanes) is 1. The van der Waals surface area contributed by atoms with Crippen LogP contribution in [0.3, 0.4) is 0 Å². The quantitative estimate of drug-likeness (QED) is 0.375. The number of aryl methyl sites for hydroxylation is 1. The van der Waals surface area contributed by atoms with E-state index in [-0.39, 0.29) is 5.91 Å². The van der Waals surface area contributed by atoms with Crippen molar-refractivity contribution in [2.45, 2.75) is 73.1 Å². The number of amides is 1. The van der Waals surface area contributed by atoms with Gasteiger partial charge in [0, 0.05) is 38.4 Å². The monoisotopic (exact) mass is 511 g/mol. The summed E-state index contributed by atoms with van der Waals surface area (Å²) in [5, 5.41) is 9.00. The molecule has 1 saturated heterocycles. The van der Waals surface area contributed by atoms with E-state index in [0.717, 1.165) is 42.2 Å². The molecule has 2 aromatic rings. The average Bonchev–Trinajstić information content (AvgIpc) is 3.31. The fourth-order valence-corrected chi connectivity index (χ4v) is 4.38. The Bertz CT molecular complexity index is 945. The summed E-state index contributed by atoms with van der Waals surface area (Å²) in [6.07, 6.45) is 8.10. The van der Waals surface area contributed by atoms with Crippen LogP contribution in [0.4, 0.5) is 5.69 Å². The first-order valence-corrected chi connectivity index (χ1v) is 13.8. The summed E-state index contributed by atoms with van der Waals surface area (Å²) in [7, 11) is 4.00. The number of hydrogen-bond donors (Lipinski definition) is 0. The van der Waals surface area contributed by atoms with Crippen molar-refractivity contribution >= 4 is 23.2 Å². The topological polar surface area (TPSA) is 47.3 Å². The van der Waals surface area contributed by atoms with Crippen LogP contribution in [0.2, 0.25) is 5.02 Å². The minimum Gasteiger partial charge on any atom is -0.378 e. The molecule has 5 heteroatoms. The van der Waals surface area contributed by atoms with Gasteiger partial charge in [-0.3, -0.25) is 4.79 Å². The van der Waals surface area contributed by atoms with E-state index >= 15 is 0 Å². The Balaban J connectivity index is 0.000000293. The Hall–Kier alpha value is -2.51. The van der Waals surface area contributed by atoms with E-state index in [9.17, 15) is 4.79 Å². The Labute approximate surface area is 225 Å². The van der Waals surface area contributed by atoms with Crippen molar-refractivity contribution in [3.05, 3.63) is 64.2 Å². The van der Waals surface area contributed by atoms with Gasteiger partial charge < -0.3 is 9.80 Å². The molecule has 1 aliphatic rings. The van der Waals surface area contributed by atoms with Crippen LogP contribution in [0.15, 0.2) is 42.5 Å². The van der Waals surface area contributed by atoms with Gasteiger partial charge in [-0.05, 0) is 67.1 Å². The fourth-order valence-electron chi connectivity index (χ4n) is 4.10. The van der Waals surface area contributed by atoms with Crippen molar-refractivity contribution < 1.29 is 4.79 Å². The third kappa shape index (κ3) is 11.0. The third-order valence-electron chi connectivity index (χ3n) is 6.71. The number of hydrogen-bond acceptors (Lipinski definition) is 3. The van der Waals surface area contributed by atoms with Crippen LogP contribution in [0.1, 0.15) is 87.7 Å². The molecule has 4 nitrogen and oxygen atoms in total. The van der Waals surface area contributed by atoms with Gasteiger partial charge in [-0.15, -0.1) is 0 Å². The van der Waals surface area contributed by atoms with Crippen LogP contribution >= 0.6 is 11.6 Å². The van der Waals surface area contributed by atoms with E-state index in [1.807, 2.05) is 67.2 Å². The summed E-state index contributed by atoms with van der Waals surface area (Å²) in [6, 6.07) is 15.2. The summed E-state index contributed by atoms with van der Waals surface area (Å²) in [6.45, 7) is 12.8. The number of carbonyl (C=O) groups excluding carboxylic acids is 1. The normalized spacial score (nSPS) is 14.3. The Morgan fingerprint density at radius 3 is 2.22 bits per heavy atom. The van der Waals surface area contributed by atoms with Crippen LogP contribution in [0.25, 0.3) is 0 Å². The molecule has 36 heavy (non-hydrogen) atoms. The van der Waals surface area contributed by atoms with Gasteiger partial charge in [0.15, 0.2) is 0 Å². The number of nitrogens with zero attached hydrogens (tertiary/aromatic N) is 3. The van der Waals surface area contributed by atoms with Gasteiger partial charge in [0.2, 0.25) is 0 Å². The largest absolute Gasteiger partial charge is 0.378 e. The second-order valence-corrected chi connectivity index (χ2v) is 10.4. The molecule has 0 spiro atoms. The molecule has 0 saturated carbocycles. The lowest BCUT2D eigenvalue weighted by Gasteiger charge is -2.17. The summed E-state index contributed by atoms with van der Waals surface area (Å²) in [5.74, 6) is 1.81. The lowest BCUT2D eigenvalue weighted by atomic mass is 9.97. The molecule has 0 aromatic heterocycles. The number of nitriles is 1. The minimum absolute atomic E-state index is 0.166. The molecule has 1 fully saturated rings. The SMILES string of the molecule is CCCCC(CC)CC.C[C@H]1CCN(C(=O)c2ccc(N(C)C)cc2)C1.Cc1ccc(C#N)c(Cl)c1. The van der Waals surface area contributed by atoms with Crippen LogP contribution in [-0.2, 0) is 0 Å². The zero-order valence-corrected chi connectivity index (χ0v) is 24.2. The summed E-state index contributed by atoms with van der Waals surface area (Å²) < 4.78 is 0. The van der Waals surface area contributed by atoms with Crippen LogP contribution < -0.4 is 4.90 Å². The lowest BCUT2D eigenvalue weighted by Crippen LogP contribution is -2.28. The predicted molar refractivity (Wildman–Crippen MR) is 155 cm³/mol. The van der Waals surface area contributed by atoms with E-state index in [1.54, 1.807) is 12.1 Å². The maximum absolute atomic E-state index is 12.2. The van der Waals surface area contributed by atoms with E-state index in [4.69, 9.17) is 16.9 Å². The van der Waals surface area contributed by atoms with E-state index in [1.165, 1.54) is 32.1 Å². The molecule has 0 radical (unpaired) electrons. The van der Waals surface area contributed by atoms with Crippen molar-refractivity contribution in [3.8, 4) is 6.07 Å². The molecule has 3 rings (SSSR count). The number of likely N-dealkylation sites (tertiary alicyclic amines) is 1. The predicted octanol–water partition coefficient (Wildman–Crippen LogP) is 8.37. The van der Waals surface area contributed by atoms with Gasteiger partial charge in [-0.1, -0.05) is 77.5 Å². The molecule has 0 aliphatic carbocycles. The van der Waals surface area contributed by atoms with Gasteiger partial charge in [0.05, 0.1) is 10.6 Å². The fraction of sp³-hybridized carbons (Fsp3) is 0.548. The van der Waals surface area contributed by atoms with Crippen molar-refractivity contribution in [2.24, 2.45) is 11.8 Å². The van der Waals surface area contributed by atoms with Crippen LogP contribution in [0, 0.1) is 30.1 Å². The van der Waals surface area contributed by atoms with Gasteiger partial charge in [-0.2, -0.15) is 5.26 Å². The minimum atomic E-state index is 0.166. The Morgan fingerprint density at radius 2 is 1.78 bits per heavy atom. The molecule has 198 valence electrons. The molecular weight excluding hydrogens is 466 g/mol. The smallest absolute Gasteiger partial charge is 0.253 e. The standard InChI is InChI=1S/C14H20N2O.C9H20.C8H6ClN/c1-11-8-9-16(10-11)14(17)12-4-6-13(7-5-12)15(2)3;1-4-7-8-9(5-2)6-3;1-6-2-3-7(5-10)8(9)4-6/h4-7,11H,8-10H2,1-3H3;9H,4-8H2,1-3H3;2-4H,1H3/t11-;;/m0../s1. The molecule has 0 unspecified atom stereocenters. The molecular formula is C31H46ClN3O. The molecule has 2 aromatic carbocycles.